The molecule has 64 valence electrons. The number of ether oxygens (including phenoxy) is 1. The smallest absolute Gasteiger partial charge is 0.312 e. The van der Waals surface area contributed by atoms with E-state index in [2.05, 4.69) is 0 Å². The summed E-state index contributed by atoms with van der Waals surface area (Å²) in [5.74, 6) is -0.563. The van der Waals surface area contributed by atoms with E-state index < -0.39 is 11.4 Å². The van der Waals surface area contributed by atoms with E-state index in [1.165, 1.54) is 0 Å². The minimum Gasteiger partial charge on any atom is -0.481 e. The summed E-state index contributed by atoms with van der Waals surface area (Å²) in [5.41, 5.74) is -0.611. The molecule has 1 aliphatic heterocycles. The zero-order chi connectivity index (χ0) is 8.48. The van der Waals surface area contributed by atoms with E-state index in [9.17, 15) is 4.79 Å². The summed E-state index contributed by atoms with van der Waals surface area (Å²) >= 11 is 0. The van der Waals surface area contributed by atoms with Gasteiger partial charge in [0.2, 0.25) is 0 Å². The number of hydrogen-bond donors (Lipinski definition) is 1. The molecule has 1 N–H and O–H groups in total. The molecule has 0 aromatic rings. The summed E-state index contributed by atoms with van der Waals surface area (Å²) in [7, 11) is 0. The zero-order valence-corrected chi connectivity index (χ0v) is 6.96. The van der Waals surface area contributed by atoms with Crippen molar-refractivity contribution in [2.75, 3.05) is 13.2 Å². The molecule has 11 heavy (non-hydrogen) atoms. The van der Waals surface area contributed by atoms with E-state index >= 15 is 0 Å². The van der Waals surface area contributed by atoms with Gasteiger partial charge in [0.25, 0.3) is 0 Å². The molecule has 1 heterocycles. The van der Waals surface area contributed by atoms with E-state index in [0.717, 1.165) is 0 Å². The molecular weight excluding hydrogens is 144 g/mol. The first-order valence-electron chi connectivity index (χ1n) is 3.91. The molecule has 0 spiro atoms. The molecule has 3 heteroatoms. The predicted octanol–water partition coefficient (Wildman–Crippen LogP) is 1.13. The zero-order valence-electron chi connectivity index (χ0n) is 6.96. The monoisotopic (exact) mass is 158 g/mol. The van der Waals surface area contributed by atoms with E-state index in [1.807, 2.05) is 13.8 Å². The summed E-state index contributed by atoms with van der Waals surface area (Å²) < 4.78 is 5.10. The summed E-state index contributed by atoms with van der Waals surface area (Å²) in [4.78, 5) is 10.9. The van der Waals surface area contributed by atoms with Crippen LogP contribution in [0.15, 0.2) is 0 Å². The van der Waals surface area contributed by atoms with Crippen LogP contribution in [0.5, 0.6) is 0 Å². The van der Waals surface area contributed by atoms with Crippen molar-refractivity contribution >= 4 is 5.97 Å². The lowest BCUT2D eigenvalue weighted by atomic mass is 9.77. The molecule has 1 fully saturated rings. The first kappa shape index (κ1) is 8.53. The topological polar surface area (TPSA) is 46.5 Å². The third-order valence-corrected chi connectivity index (χ3v) is 2.58. The van der Waals surface area contributed by atoms with Gasteiger partial charge in [0.1, 0.15) is 0 Å². The van der Waals surface area contributed by atoms with E-state index in [1.54, 1.807) is 0 Å². The van der Waals surface area contributed by atoms with Gasteiger partial charge >= 0.3 is 5.97 Å². The normalized spacial score (nSPS) is 31.2. The minimum atomic E-state index is -0.718. The predicted molar refractivity (Wildman–Crippen MR) is 40.3 cm³/mol. The summed E-state index contributed by atoms with van der Waals surface area (Å²) in [6, 6.07) is 0. The maximum Gasteiger partial charge on any atom is 0.312 e. The van der Waals surface area contributed by atoms with E-state index in [-0.39, 0.29) is 5.92 Å². The Morgan fingerprint density at radius 1 is 1.64 bits per heavy atom. The third-order valence-electron chi connectivity index (χ3n) is 2.58. The number of rotatable bonds is 2. The lowest BCUT2D eigenvalue weighted by Gasteiger charge is -2.26. The van der Waals surface area contributed by atoms with Gasteiger partial charge in [-0.15, -0.1) is 0 Å². The van der Waals surface area contributed by atoms with Crippen LogP contribution >= 0.6 is 0 Å². The van der Waals surface area contributed by atoms with Crippen LogP contribution in [0, 0.1) is 11.3 Å². The Morgan fingerprint density at radius 2 is 2.27 bits per heavy atom. The minimum absolute atomic E-state index is 0.155. The van der Waals surface area contributed by atoms with Crippen molar-refractivity contribution in [2.45, 2.75) is 20.3 Å². The molecule has 1 aliphatic rings. The molecule has 0 aromatic heterocycles. The number of aliphatic carboxylic acids is 1. The maximum absolute atomic E-state index is 10.9. The second-order valence-electron chi connectivity index (χ2n) is 3.42. The first-order valence-corrected chi connectivity index (χ1v) is 3.91. The van der Waals surface area contributed by atoms with Gasteiger partial charge < -0.3 is 9.84 Å². The largest absolute Gasteiger partial charge is 0.481 e. The van der Waals surface area contributed by atoms with Gasteiger partial charge in [-0.1, -0.05) is 13.8 Å². The molecule has 1 atom stereocenters. The Bertz CT molecular complexity index is 157. The van der Waals surface area contributed by atoms with Gasteiger partial charge in [-0.3, -0.25) is 4.79 Å². The molecule has 1 saturated heterocycles. The third kappa shape index (κ3) is 1.25. The Hall–Kier alpha value is -0.570. The number of carboxylic acids is 1. The van der Waals surface area contributed by atoms with Crippen molar-refractivity contribution in [1.29, 1.82) is 0 Å². The van der Waals surface area contributed by atoms with Crippen molar-refractivity contribution in [1.82, 2.24) is 0 Å². The van der Waals surface area contributed by atoms with Crippen LogP contribution in [-0.4, -0.2) is 24.3 Å². The van der Waals surface area contributed by atoms with Gasteiger partial charge in [0.15, 0.2) is 0 Å². The molecule has 0 aromatic carbocycles. The van der Waals surface area contributed by atoms with Gasteiger partial charge in [0.05, 0.1) is 12.0 Å². The molecule has 3 nitrogen and oxygen atoms in total. The van der Waals surface area contributed by atoms with Crippen molar-refractivity contribution in [2.24, 2.45) is 11.3 Å². The number of carboxylic acid groups (broad SMARTS) is 1. The summed E-state index contributed by atoms with van der Waals surface area (Å²) in [6.45, 7) is 4.83. The van der Waals surface area contributed by atoms with Crippen LogP contribution in [0.1, 0.15) is 20.3 Å². The highest BCUT2D eigenvalue weighted by molar-refractivity contribution is 5.75. The Morgan fingerprint density at radius 3 is 2.45 bits per heavy atom. The fraction of sp³-hybridized carbons (Fsp3) is 0.875. The van der Waals surface area contributed by atoms with Gasteiger partial charge in [0, 0.05) is 6.61 Å². The maximum atomic E-state index is 10.9. The Kier molecular flexibility index (Phi) is 2.18. The van der Waals surface area contributed by atoms with Crippen molar-refractivity contribution in [3.05, 3.63) is 0 Å². The molecule has 0 amide bonds. The van der Waals surface area contributed by atoms with Crippen molar-refractivity contribution in [3.63, 3.8) is 0 Å². The standard InChI is InChI=1S/C8H14O3/c1-6(2)8(7(9)10)3-4-11-5-8/h6H,3-5H2,1-2H3,(H,9,10). The van der Waals surface area contributed by atoms with Crippen LogP contribution in [0.3, 0.4) is 0 Å². The second-order valence-corrected chi connectivity index (χ2v) is 3.42. The average molecular weight is 158 g/mol. The average Bonchev–Trinajstić information content (AvgIpc) is 2.34. The SMILES string of the molecule is CC(C)C1(C(=O)O)CCOC1. The van der Waals surface area contributed by atoms with Crippen LogP contribution < -0.4 is 0 Å². The molecule has 0 saturated carbocycles. The molecule has 1 rings (SSSR count). The Labute approximate surface area is 66.4 Å². The lowest BCUT2D eigenvalue weighted by Crippen LogP contribution is -2.36. The Balaban J connectivity index is 2.79. The van der Waals surface area contributed by atoms with E-state index in [0.29, 0.717) is 19.6 Å². The van der Waals surface area contributed by atoms with Crippen LogP contribution in [-0.2, 0) is 9.53 Å². The molecule has 0 radical (unpaired) electrons. The van der Waals surface area contributed by atoms with Crippen LogP contribution in [0.4, 0.5) is 0 Å². The molecular formula is C8H14O3. The summed E-state index contributed by atoms with van der Waals surface area (Å²) in [5, 5.41) is 8.95. The van der Waals surface area contributed by atoms with Gasteiger partial charge in [-0.05, 0) is 12.3 Å². The molecule has 0 aliphatic carbocycles. The highest BCUT2D eigenvalue weighted by Gasteiger charge is 2.44. The highest BCUT2D eigenvalue weighted by Crippen LogP contribution is 2.36. The van der Waals surface area contributed by atoms with Crippen molar-refractivity contribution < 1.29 is 14.6 Å². The number of hydrogen-bond acceptors (Lipinski definition) is 2. The highest BCUT2D eigenvalue weighted by atomic mass is 16.5. The van der Waals surface area contributed by atoms with Gasteiger partial charge in [-0.2, -0.15) is 0 Å². The van der Waals surface area contributed by atoms with Crippen LogP contribution in [0.25, 0.3) is 0 Å². The van der Waals surface area contributed by atoms with Crippen LogP contribution in [0.2, 0.25) is 0 Å². The second kappa shape index (κ2) is 2.81. The summed E-state index contributed by atoms with van der Waals surface area (Å²) in [6.07, 6.45) is 0.653. The van der Waals surface area contributed by atoms with E-state index in [4.69, 9.17) is 9.84 Å². The first-order chi connectivity index (χ1) is 5.09. The lowest BCUT2D eigenvalue weighted by molar-refractivity contribution is -0.151. The fourth-order valence-corrected chi connectivity index (χ4v) is 1.45. The fourth-order valence-electron chi connectivity index (χ4n) is 1.45. The van der Waals surface area contributed by atoms with Crippen molar-refractivity contribution in [3.8, 4) is 0 Å². The van der Waals surface area contributed by atoms with Gasteiger partial charge in [-0.25, -0.2) is 0 Å². The molecule has 0 bridgehead atoms. The quantitative estimate of drug-likeness (QED) is 0.655. The number of carbonyl (C=O) groups is 1. The molecule has 1 unspecified atom stereocenters.